The van der Waals surface area contributed by atoms with Crippen molar-refractivity contribution in [2.45, 2.75) is 65.8 Å². The van der Waals surface area contributed by atoms with E-state index in [-0.39, 0.29) is 10.8 Å². The predicted molar refractivity (Wildman–Crippen MR) is 133 cm³/mol. The summed E-state index contributed by atoms with van der Waals surface area (Å²) in [5.74, 6) is 0.110. The summed E-state index contributed by atoms with van der Waals surface area (Å²) in [5.41, 5.74) is 9.08. The van der Waals surface area contributed by atoms with Gasteiger partial charge in [0, 0.05) is 11.1 Å². The highest BCUT2D eigenvalue weighted by Gasteiger charge is 2.37. The van der Waals surface area contributed by atoms with Gasteiger partial charge in [-0.3, -0.25) is 4.79 Å². The van der Waals surface area contributed by atoms with E-state index in [1.807, 2.05) is 6.07 Å². The van der Waals surface area contributed by atoms with Crippen LogP contribution in [0.25, 0.3) is 27.7 Å². The third-order valence-electron chi connectivity index (χ3n) is 7.04. The number of nitrogens with zero attached hydrogens (tertiary/aromatic N) is 1. The Morgan fingerprint density at radius 2 is 1.65 bits per heavy atom. The molecule has 0 aliphatic rings. The van der Waals surface area contributed by atoms with E-state index in [0.717, 1.165) is 23.0 Å². The van der Waals surface area contributed by atoms with Gasteiger partial charge >= 0.3 is 0 Å². The largest absolute Gasteiger partial charge is 0.413 e. The molecule has 0 bridgehead atoms. The Hall–Kier alpha value is -2.43. The number of benzene rings is 1. The first-order chi connectivity index (χ1) is 14.5. The summed E-state index contributed by atoms with van der Waals surface area (Å²) >= 11 is 0. The van der Waals surface area contributed by atoms with Crippen LogP contribution < -0.4 is 0 Å². The molecular weight excluding hydrogens is 398 g/mol. The van der Waals surface area contributed by atoms with Crippen molar-refractivity contribution in [3.8, 4) is 11.1 Å². The lowest BCUT2D eigenvalue weighted by atomic mass is 9.98. The van der Waals surface area contributed by atoms with E-state index in [4.69, 9.17) is 4.43 Å². The van der Waals surface area contributed by atoms with Crippen molar-refractivity contribution in [1.29, 1.82) is 0 Å². The molecule has 0 atom stereocenters. The Bertz CT molecular complexity index is 1240. The second-order valence-corrected chi connectivity index (χ2v) is 14.9. The zero-order valence-corrected chi connectivity index (χ0v) is 20.8. The number of ketones is 1. The summed E-state index contributed by atoms with van der Waals surface area (Å²) in [6, 6.07) is 17.1. The van der Waals surface area contributed by atoms with Gasteiger partial charge in [0.25, 0.3) is 0 Å². The SMILES string of the molecule is CCc1c(-c2ccc(CO[Si](C)(C)C(C)(C)C)cc2)c2cc(C(C)=O)c3cccc1n32. The maximum Gasteiger partial charge on any atom is 0.192 e. The third-order valence-corrected chi connectivity index (χ3v) is 11.5. The number of carbonyl (C=O) groups is 1. The highest BCUT2D eigenvalue weighted by molar-refractivity contribution is 6.74. The van der Waals surface area contributed by atoms with Gasteiger partial charge in [0.1, 0.15) is 0 Å². The molecule has 162 valence electrons. The number of aryl methyl sites for hydroxylation is 1. The van der Waals surface area contributed by atoms with Crippen LogP contribution in [0, 0.1) is 0 Å². The molecule has 1 aromatic carbocycles. The maximum atomic E-state index is 12.2. The molecule has 0 aliphatic carbocycles. The summed E-state index contributed by atoms with van der Waals surface area (Å²) in [6.07, 6.45) is 0.946. The summed E-state index contributed by atoms with van der Waals surface area (Å²) in [5, 5.41) is 0.207. The van der Waals surface area contributed by atoms with Crippen LogP contribution in [-0.4, -0.2) is 18.5 Å². The quantitative estimate of drug-likeness (QED) is 0.234. The molecule has 0 unspecified atom stereocenters. The monoisotopic (exact) mass is 431 g/mol. The van der Waals surface area contributed by atoms with E-state index in [0.29, 0.717) is 6.61 Å². The van der Waals surface area contributed by atoms with Crippen molar-refractivity contribution in [3.05, 3.63) is 65.2 Å². The second-order valence-electron chi connectivity index (χ2n) is 10.1. The first-order valence-corrected chi connectivity index (χ1v) is 14.1. The molecule has 0 N–H and O–H groups in total. The lowest BCUT2D eigenvalue weighted by Crippen LogP contribution is -2.40. The van der Waals surface area contributed by atoms with Crippen LogP contribution in [-0.2, 0) is 17.5 Å². The van der Waals surface area contributed by atoms with Gasteiger partial charge in [-0.05, 0) is 66.4 Å². The standard InChI is InChI=1S/C27H33NO2Si/c1-8-21-23-10-9-11-24-22(18(2)29)16-25(28(23)24)26(21)20-14-12-19(13-15-20)17-30-31(6,7)27(3,4)5/h9-16H,8,17H2,1-7H3. The zero-order chi connectivity index (χ0) is 22.6. The molecule has 3 heterocycles. The van der Waals surface area contributed by atoms with Gasteiger partial charge in [-0.2, -0.15) is 0 Å². The van der Waals surface area contributed by atoms with Crippen molar-refractivity contribution in [1.82, 2.24) is 4.40 Å². The summed E-state index contributed by atoms with van der Waals surface area (Å²) in [6.45, 7) is 15.9. The van der Waals surface area contributed by atoms with E-state index in [2.05, 4.69) is 87.7 Å². The minimum Gasteiger partial charge on any atom is -0.413 e. The molecule has 0 spiro atoms. The number of rotatable bonds is 6. The normalized spacial score (nSPS) is 12.9. The first kappa shape index (κ1) is 21.8. The van der Waals surface area contributed by atoms with Gasteiger partial charge in [0.05, 0.1) is 23.2 Å². The van der Waals surface area contributed by atoms with E-state index in [9.17, 15) is 4.79 Å². The van der Waals surface area contributed by atoms with Gasteiger partial charge in [-0.25, -0.2) is 0 Å². The molecule has 0 fully saturated rings. The van der Waals surface area contributed by atoms with E-state index >= 15 is 0 Å². The topological polar surface area (TPSA) is 30.7 Å². The average molecular weight is 432 g/mol. The molecule has 4 aromatic rings. The lowest BCUT2D eigenvalue weighted by molar-refractivity contribution is 0.101. The molecule has 4 rings (SSSR count). The highest BCUT2D eigenvalue weighted by atomic mass is 28.4. The minimum absolute atomic E-state index is 0.110. The average Bonchev–Trinajstić information content (AvgIpc) is 3.25. The molecule has 4 heteroatoms. The van der Waals surface area contributed by atoms with Crippen molar-refractivity contribution >= 4 is 30.7 Å². The Kier molecular flexibility index (Phi) is 5.35. The van der Waals surface area contributed by atoms with Gasteiger partial charge in [-0.15, -0.1) is 0 Å². The molecule has 3 nitrogen and oxygen atoms in total. The Morgan fingerprint density at radius 1 is 1.00 bits per heavy atom. The van der Waals surface area contributed by atoms with Gasteiger partial charge in [-0.1, -0.05) is 58.0 Å². The van der Waals surface area contributed by atoms with Crippen molar-refractivity contribution in [2.75, 3.05) is 0 Å². The van der Waals surface area contributed by atoms with Crippen molar-refractivity contribution < 1.29 is 9.22 Å². The number of Topliss-reactive ketones (excluding diaryl/α,β-unsaturated/α-hetero) is 1. The fourth-order valence-electron chi connectivity index (χ4n) is 4.17. The lowest BCUT2D eigenvalue weighted by Gasteiger charge is -2.36. The van der Waals surface area contributed by atoms with Crippen LogP contribution in [0.1, 0.15) is 56.1 Å². The van der Waals surface area contributed by atoms with Crippen LogP contribution in [0.3, 0.4) is 0 Å². The second kappa shape index (κ2) is 7.61. The number of pyridine rings is 1. The smallest absolute Gasteiger partial charge is 0.192 e. The molecule has 31 heavy (non-hydrogen) atoms. The third kappa shape index (κ3) is 3.62. The molecule has 0 saturated carbocycles. The Labute approximate surface area is 186 Å². The van der Waals surface area contributed by atoms with E-state index < -0.39 is 8.32 Å². The number of carbonyl (C=O) groups excluding carboxylic acids is 1. The summed E-state index contributed by atoms with van der Waals surface area (Å²) in [7, 11) is -1.77. The van der Waals surface area contributed by atoms with Gasteiger partial charge < -0.3 is 8.83 Å². The van der Waals surface area contributed by atoms with Gasteiger partial charge in [0.2, 0.25) is 0 Å². The molecule has 0 saturated heterocycles. The Balaban J connectivity index is 1.74. The fraction of sp³-hybridized carbons (Fsp3) is 0.370. The number of hydrogen-bond donors (Lipinski definition) is 0. The molecule has 0 amide bonds. The summed E-state index contributed by atoms with van der Waals surface area (Å²) < 4.78 is 8.65. The number of hydrogen-bond acceptors (Lipinski definition) is 2. The first-order valence-electron chi connectivity index (χ1n) is 11.2. The molecule has 0 aliphatic heterocycles. The van der Waals surface area contributed by atoms with Crippen molar-refractivity contribution in [3.63, 3.8) is 0 Å². The van der Waals surface area contributed by atoms with E-state index in [1.54, 1.807) is 6.92 Å². The predicted octanol–water partition coefficient (Wildman–Crippen LogP) is 7.48. The van der Waals surface area contributed by atoms with Crippen LogP contribution in [0.4, 0.5) is 0 Å². The summed E-state index contributed by atoms with van der Waals surface area (Å²) in [4.78, 5) is 12.2. The molecule has 3 aromatic heterocycles. The van der Waals surface area contributed by atoms with Crippen LogP contribution in [0.15, 0.2) is 48.5 Å². The van der Waals surface area contributed by atoms with Crippen LogP contribution >= 0.6 is 0 Å². The minimum atomic E-state index is -1.77. The highest BCUT2D eigenvalue weighted by Crippen LogP contribution is 2.39. The van der Waals surface area contributed by atoms with Crippen molar-refractivity contribution in [2.24, 2.45) is 0 Å². The van der Waals surface area contributed by atoms with E-state index in [1.165, 1.54) is 27.8 Å². The fourth-order valence-corrected chi connectivity index (χ4v) is 5.13. The maximum absolute atomic E-state index is 12.2. The van der Waals surface area contributed by atoms with Gasteiger partial charge in [0.15, 0.2) is 14.1 Å². The molecular formula is C27H33NO2Si. The Morgan fingerprint density at radius 3 is 2.23 bits per heavy atom. The number of aromatic nitrogens is 1. The van der Waals surface area contributed by atoms with Crippen LogP contribution in [0.2, 0.25) is 18.1 Å². The zero-order valence-electron chi connectivity index (χ0n) is 19.8. The van der Waals surface area contributed by atoms with Crippen LogP contribution in [0.5, 0.6) is 0 Å². The molecule has 0 radical (unpaired) electrons.